The second kappa shape index (κ2) is 11.4. The van der Waals surface area contributed by atoms with Crippen molar-refractivity contribution in [1.82, 2.24) is 9.13 Å². The zero-order valence-corrected chi connectivity index (χ0v) is 26.7. The maximum atomic E-state index is 10.5. The molecule has 0 aliphatic rings. The van der Waals surface area contributed by atoms with Gasteiger partial charge in [-0.3, -0.25) is 0 Å². The number of para-hydroxylation sites is 4. The first-order valence-electron chi connectivity index (χ1n) is 16.3. The van der Waals surface area contributed by atoms with E-state index in [1.807, 2.05) is 65.2 Å². The number of hydrogen-bond donors (Lipinski definition) is 0. The summed E-state index contributed by atoms with van der Waals surface area (Å²) in [5.41, 5.74) is 10.6. The molecule has 0 bridgehead atoms. The molecule has 230 valence electrons. The Hall–Kier alpha value is -7.39. The smallest absolute Gasteiger partial charge is 0.103 e. The highest BCUT2D eigenvalue weighted by atomic mass is 15.0. The van der Waals surface area contributed by atoms with Crippen molar-refractivity contribution in [2.24, 2.45) is 0 Å². The Morgan fingerprint density at radius 1 is 0.380 bits per heavy atom. The van der Waals surface area contributed by atoms with Crippen LogP contribution in [0.1, 0.15) is 16.7 Å². The first-order chi connectivity index (χ1) is 24.7. The number of rotatable bonds is 4. The molecule has 5 heteroatoms. The lowest BCUT2D eigenvalue weighted by molar-refractivity contribution is 1.16. The number of hydrogen-bond acceptors (Lipinski definition) is 3. The Morgan fingerprint density at radius 2 is 0.900 bits per heavy atom. The molecule has 0 radical (unpaired) electrons. The third-order valence-corrected chi connectivity index (χ3v) is 9.65. The van der Waals surface area contributed by atoms with Gasteiger partial charge >= 0.3 is 0 Å². The fourth-order valence-corrected chi connectivity index (χ4v) is 7.51. The number of benzene rings is 7. The standard InChI is InChI=1S/C45H25N5/c46-26-29-21-22-44-38(23-29)37-16-6-10-20-43(37)50(44)45-25-30(24-31(27-47)39(45)28-48)32-11-1-2-12-33(32)34-13-3-7-17-40(34)49-41-18-8-4-14-35(41)36-15-5-9-19-42(36)49/h1-25H. The van der Waals surface area contributed by atoms with E-state index in [1.54, 1.807) is 6.07 Å². The Morgan fingerprint density at radius 3 is 1.52 bits per heavy atom. The molecule has 0 N–H and O–H groups in total. The SMILES string of the molecule is N#Cc1ccc2c(c1)c1ccccc1n2-c1cc(-c2ccccc2-c2ccccc2-n2c3ccccc3c3ccccc32)cc(C#N)c1C#N. The summed E-state index contributed by atoms with van der Waals surface area (Å²) in [6.45, 7) is 0. The van der Waals surface area contributed by atoms with Crippen LogP contribution in [0.2, 0.25) is 0 Å². The van der Waals surface area contributed by atoms with Crippen LogP contribution in [0.3, 0.4) is 0 Å². The molecule has 9 aromatic rings. The molecular weight excluding hydrogens is 611 g/mol. The van der Waals surface area contributed by atoms with Crippen molar-refractivity contribution in [3.8, 4) is 51.8 Å². The van der Waals surface area contributed by atoms with Crippen LogP contribution in [0.5, 0.6) is 0 Å². The topological polar surface area (TPSA) is 81.2 Å². The monoisotopic (exact) mass is 635 g/mol. The molecule has 2 heterocycles. The Balaban J connectivity index is 1.32. The highest BCUT2D eigenvalue weighted by molar-refractivity contribution is 6.11. The summed E-state index contributed by atoms with van der Waals surface area (Å²) >= 11 is 0. The highest BCUT2D eigenvalue weighted by Crippen LogP contribution is 2.42. The maximum absolute atomic E-state index is 10.5. The van der Waals surface area contributed by atoms with E-state index >= 15 is 0 Å². The van der Waals surface area contributed by atoms with Gasteiger partial charge in [0.25, 0.3) is 0 Å². The van der Waals surface area contributed by atoms with Gasteiger partial charge in [-0.25, -0.2) is 0 Å². The summed E-state index contributed by atoms with van der Waals surface area (Å²) in [7, 11) is 0. The lowest BCUT2D eigenvalue weighted by atomic mass is 9.91. The lowest BCUT2D eigenvalue weighted by Crippen LogP contribution is -2.02. The molecule has 5 nitrogen and oxygen atoms in total. The number of nitriles is 3. The van der Waals surface area contributed by atoms with E-state index in [-0.39, 0.29) is 0 Å². The summed E-state index contributed by atoms with van der Waals surface area (Å²) in [6, 6.07) is 58.0. The van der Waals surface area contributed by atoms with Gasteiger partial charge in [-0.1, -0.05) is 97.1 Å². The van der Waals surface area contributed by atoms with Gasteiger partial charge in [-0.05, 0) is 71.3 Å². The van der Waals surface area contributed by atoms with Crippen molar-refractivity contribution in [3.63, 3.8) is 0 Å². The average Bonchev–Trinajstić information content (AvgIpc) is 3.70. The van der Waals surface area contributed by atoms with E-state index in [1.165, 1.54) is 10.8 Å². The number of aromatic nitrogens is 2. The molecule has 0 saturated carbocycles. The molecule has 0 atom stereocenters. The first kappa shape index (κ1) is 28.8. The van der Waals surface area contributed by atoms with E-state index in [2.05, 4.69) is 108 Å². The van der Waals surface area contributed by atoms with Crippen LogP contribution in [0.4, 0.5) is 0 Å². The van der Waals surface area contributed by atoms with Gasteiger partial charge in [0.15, 0.2) is 0 Å². The van der Waals surface area contributed by atoms with Gasteiger partial charge in [0.1, 0.15) is 12.1 Å². The van der Waals surface area contributed by atoms with Crippen molar-refractivity contribution in [2.45, 2.75) is 0 Å². The molecule has 0 amide bonds. The van der Waals surface area contributed by atoms with Gasteiger partial charge < -0.3 is 9.13 Å². The fraction of sp³-hybridized carbons (Fsp3) is 0. The molecule has 50 heavy (non-hydrogen) atoms. The molecule has 0 aliphatic heterocycles. The van der Waals surface area contributed by atoms with E-state index in [0.29, 0.717) is 22.4 Å². The molecular formula is C45H25N5. The van der Waals surface area contributed by atoms with Crippen molar-refractivity contribution < 1.29 is 0 Å². The largest absolute Gasteiger partial charge is 0.309 e. The average molecular weight is 636 g/mol. The van der Waals surface area contributed by atoms with Crippen molar-refractivity contribution >= 4 is 43.6 Å². The number of fused-ring (bicyclic) bond motifs is 6. The molecule has 0 saturated heterocycles. The maximum Gasteiger partial charge on any atom is 0.103 e. The van der Waals surface area contributed by atoms with Crippen LogP contribution in [0.15, 0.2) is 152 Å². The summed E-state index contributed by atoms with van der Waals surface area (Å²) < 4.78 is 4.37. The highest BCUT2D eigenvalue weighted by Gasteiger charge is 2.21. The second-order valence-corrected chi connectivity index (χ2v) is 12.3. The molecule has 7 aromatic carbocycles. The van der Waals surface area contributed by atoms with Crippen LogP contribution in [0, 0.1) is 34.0 Å². The van der Waals surface area contributed by atoms with Crippen LogP contribution in [0.25, 0.3) is 77.2 Å². The quantitative estimate of drug-likeness (QED) is 0.193. The Kier molecular flexibility index (Phi) is 6.56. The molecule has 0 fully saturated rings. The first-order valence-corrected chi connectivity index (χ1v) is 16.3. The number of nitrogens with zero attached hydrogens (tertiary/aromatic N) is 5. The van der Waals surface area contributed by atoms with Crippen LogP contribution >= 0.6 is 0 Å². The zero-order valence-electron chi connectivity index (χ0n) is 26.7. The van der Waals surface area contributed by atoms with Crippen molar-refractivity contribution in [1.29, 1.82) is 15.8 Å². The molecule has 2 aromatic heterocycles. The lowest BCUT2D eigenvalue weighted by Gasteiger charge is -2.18. The fourth-order valence-electron chi connectivity index (χ4n) is 7.51. The minimum Gasteiger partial charge on any atom is -0.309 e. The molecule has 0 unspecified atom stereocenters. The minimum absolute atomic E-state index is 0.296. The third kappa shape index (κ3) is 4.24. The Bertz CT molecular complexity index is 2920. The van der Waals surface area contributed by atoms with Crippen LogP contribution in [-0.4, -0.2) is 9.13 Å². The Labute approximate surface area is 287 Å². The summed E-state index contributed by atoms with van der Waals surface area (Å²) in [4.78, 5) is 0. The van der Waals surface area contributed by atoms with E-state index in [9.17, 15) is 15.8 Å². The van der Waals surface area contributed by atoms with Crippen LogP contribution < -0.4 is 0 Å². The molecule has 0 aliphatic carbocycles. The third-order valence-electron chi connectivity index (χ3n) is 9.65. The van der Waals surface area contributed by atoms with Gasteiger partial charge in [0.05, 0.1) is 56.2 Å². The minimum atomic E-state index is 0.296. The van der Waals surface area contributed by atoms with Gasteiger partial charge in [-0.2, -0.15) is 15.8 Å². The van der Waals surface area contributed by atoms with Crippen LogP contribution in [-0.2, 0) is 0 Å². The summed E-state index contributed by atoms with van der Waals surface area (Å²) in [5.74, 6) is 0. The van der Waals surface area contributed by atoms with Crippen molar-refractivity contribution in [3.05, 3.63) is 168 Å². The van der Waals surface area contributed by atoms with E-state index < -0.39 is 0 Å². The van der Waals surface area contributed by atoms with Gasteiger partial charge in [0, 0.05) is 27.1 Å². The molecule has 0 spiro atoms. The predicted molar refractivity (Wildman–Crippen MR) is 200 cm³/mol. The summed E-state index contributed by atoms with van der Waals surface area (Å²) in [5, 5.41) is 34.9. The van der Waals surface area contributed by atoms with Gasteiger partial charge in [-0.15, -0.1) is 0 Å². The second-order valence-electron chi connectivity index (χ2n) is 12.3. The van der Waals surface area contributed by atoms with Gasteiger partial charge in [0.2, 0.25) is 0 Å². The zero-order chi connectivity index (χ0) is 33.8. The molecule has 9 rings (SSSR count). The summed E-state index contributed by atoms with van der Waals surface area (Å²) in [6.07, 6.45) is 0. The predicted octanol–water partition coefficient (Wildman–Crippen LogP) is 10.8. The van der Waals surface area contributed by atoms with Crippen molar-refractivity contribution in [2.75, 3.05) is 0 Å². The normalized spacial score (nSPS) is 11.1. The van der Waals surface area contributed by atoms with E-state index in [4.69, 9.17) is 0 Å². The van der Waals surface area contributed by atoms with E-state index in [0.717, 1.165) is 60.8 Å².